The summed E-state index contributed by atoms with van der Waals surface area (Å²) >= 11 is 5.82. The quantitative estimate of drug-likeness (QED) is 0.876. The first kappa shape index (κ1) is 17.4. The van der Waals surface area contributed by atoms with E-state index in [1.54, 1.807) is 0 Å². The number of halogens is 2. The van der Waals surface area contributed by atoms with Gasteiger partial charge in [-0.1, -0.05) is 11.6 Å². The molecule has 0 saturated heterocycles. The third-order valence-electron chi connectivity index (χ3n) is 2.81. The molecule has 1 aromatic carbocycles. The lowest BCUT2D eigenvalue weighted by molar-refractivity contribution is -0.140. The zero-order valence-electron chi connectivity index (χ0n) is 12.1. The number of carboxylic acid groups (broad SMARTS) is 1. The van der Waals surface area contributed by atoms with E-state index in [0.29, 0.717) is 0 Å². The summed E-state index contributed by atoms with van der Waals surface area (Å²) in [4.78, 5) is 24.4. The van der Waals surface area contributed by atoms with Gasteiger partial charge in [0, 0.05) is 5.54 Å². The SMILES string of the molecule is CC(C)(C)N(CC(=O)O)CC(=O)Nc1ccc(F)cc1Cl. The molecular formula is C14H18ClFN2O3. The lowest BCUT2D eigenvalue weighted by Gasteiger charge is -2.33. The molecule has 1 rings (SSSR count). The van der Waals surface area contributed by atoms with Gasteiger partial charge in [-0.15, -0.1) is 0 Å². The van der Waals surface area contributed by atoms with Crippen LogP contribution in [0.3, 0.4) is 0 Å². The fraction of sp³-hybridized carbons (Fsp3) is 0.429. The van der Waals surface area contributed by atoms with Crippen LogP contribution in [0, 0.1) is 5.82 Å². The summed E-state index contributed by atoms with van der Waals surface area (Å²) in [6.45, 7) is 5.08. The molecular weight excluding hydrogens is 299 g/mol. The number of hydrogen-bond donors (Lipinski definition) is 2. The number of anilines is 1. The standard InChI is InChI=1S/C14H18ClFN2O3/c1-14(2,3)18(8-13(20)21)7-12(19)17-11-5-4-9(16)6-10(11)15/h4-6H,7-8H2,1-3H3,(H,17,19)(H,20,21). The van der Waals surface area contributed by atoms with Crippen molar-refractivity contribution in [3.05, 3.63) is 29.0 Å². The van der Waals surface area contributed by atoms with Crippen molar-refractivity contribution in [2.75, 3.05) is 18.4 Å². The Kier molecular flexibility index (Phi) is 5.69. The molecule has 0 fully saturated rings. The van der Waals surface area contributed by atoms with Gasteiger partial charge in [-0.3, -0.25) is 14.5 Å². The number of carboxylic acids is 1. The molecule has 0 aromatic heterocycles. The number of nitrogens with one attached hydrogen (secondary N) is 1. The Morgan fingerprint density at radius 1 is 1.33 bits per heavy atom. The lowest BCUT2D eigenvalue weighted by Crippen LogP contribution is -2.48. The maximum atomic E-state index is 12.9. The maximum absolute atomic E-state index is 12.9. The highest BCUT2D eigenvalue weighted by atomic mass is 35.5. The van der Waals surface area contributed by atoms with E-state index in [1.807, 2.05) is 20.8 Å². The predicted octanol–water partition coefficient (Wildman–Crippen LogP) is 2.60. The fourth-order valence-corrected chi connectivity index (χ4v) is 1.86. The summed E-state index contributed by atoms with van der Waals surface area (Å²) in [5.41, 5.74) is -0.199. The van der Waals surface area contributed by atoms with E-state index >= 15 is 0 Å². The largest absolute Gasteiger partial charge is 0.480 e. The number of benzene rings is 1. The molecule has 0 unspecified atom stereocenters. The van der Waals surface area contributed by atoms with E-state index in [-0.39, 0.29) is 23.8 Å². The molecule has 2 N–H and O–H groups in total. The van der Waals surface area contributed by atoms with E-state index < -0.39 is 23.2 Å². The van der Waals surface area contributed by atoms with Crippen LogP contribution in [0.15, 0.2) is 18.2 Å². The van der Waals surface area contributed by atoms with Crippen molar-refractivity contribution >= 4 is 29.2 Å². The van der Waals surface area contributed by atoms with Gasteiger partial charge in [0.15, 0.2) is 0 Å². The number of hydrogen-bond acceptors (Lipinski definition) is 3. The van der Waals surface area contributed by atoms with Gasteiger partial charge in [-0.2, -0.15) is 0 Å². The smallest absolute Gasteiger partial charge is 0.317 e. The second-order valence-electron chi connectivity index (χ2n) is 5.59. The number of carbonyl (C=O) groups excluding carboxylic acids is 1. The number of carbonyl (C=O) groups is 2. The predicted molar refractivity (Wildman–Crippen MR) is 79.0 cm³/mol. The summed E-state index contributed by atoms with van der Waals surface area (Å²) in [6, 6.07) is 3.63. The minimum Gasteiger partial charge on any atom is -0.480 e. The highest BCUT2D eigenvalue weighted by Crippen LogP contribution is 2.22. The van der Waals surface area contributed by atoms with Crippen molar-refractivity contribution in [1.82, 2.24) is 4.90 Å². The molecule has 7 heteroatoms. The molecule has 0 atom stereocenters. The van der Waals surface area contributed by atoms with Gasteiger partial charge >= 0.3 is 5.97 Å². The Hall–Kier alpha value is -1.66. The zero-order chi connectivity index (χ0) is 16.2. The summed E-state index contributed by atoms with van der Waals surface area (Å²) in [6.07, 6.45) is 0. The zero-order valence-corrected chi connectivity index (χ0v) is 12.9. The average Bonchev–Trinajstić information content (AvgIpc) is 2.30. The Morgan fingerprint density at radius 2 is 1.95 bits per heavy atom. The van der Waals surface area contributed by atoms with Crippen LogP contribution in [0.4, 0.5) is 10.1 Å². The molecule has 0 heterocycles. The number of aliphatic carboxylic acids is 1. The minimum absolute atomic E-state index is 0.0869. The summed E-state index contributed by atoms with van der Waals surface area (Å²) in [5, 5.41) is 11.5. The normalized spacial score (nSPS) is 11.5. The van der Waals surface area contributed by atoms with Gasteiger partial charge in [0.1, 0.15) is 5.82 Å². The van der Waals surface area contributed by atoms with Crippen LogP contribution in [-0.4, -0.2) is 40.5 Å². The number of rotatable bonds is 5. The van der Waals surface area contributed by atoms with Crippen molar-refractivity contribution in [3.63, 3.8) is 0 Å². The molecule has 21 heavy (non-hydrogen) atoms. The van der Waals surface area contributed by atoms with Gasteiger partial charge in [-0.05, 0) is 39.0 Å². The fourth-order valence-electron chi connectivity index (χ4n) is 1.65. The van der Waals surface area contributed by atoms with E-state index in [2.05, 4.69) is 5.32 Å². The minimum atomic E-state index is -1.02. The first-order valence-electron chi connectivity index (χ1n) is 6.31. The van der Waals surface area contributed by atoms with E-state index in [4.69, 9.17) is 16.7 Å². The van der Waals surface area contributed by atoms with Gasteiger partial charge < -0.3 is 10.4 Å². The molecule has 0 radical (unpaired) electrons. The molecule has 116 valence electrons. The highest BCUT2D eigenvalue weighted by Gasteiger charge is 2.25. The van der Waals surface area contributed by atoms with Crippen LogP contribution in [-0.2, 0) is 9.59 Å². The Balaban J connectivity index is 2.76. The summed E-state index contributed by atoms with van der Waals surface area (Å²) in [5.74, 6) is -1.93. The van der Waals surface area contributed by atoms with Crippen LogP contribution in [0.5, 0.6) is 0 Å². The maximum Gasteiger partial charge on any atom is 0.317 e. The molecule has 1 amide bonds. The topological polar surface area (TPSA) is 69.6 Å². The molecule has 0 aliphatic rings. The summed E-state index contributed by atoms with van der Waals surface area (Å²) in [7, 11) is 0. The number of nitrogens with zero attached hydrogens (tertiary/aromatic N) is 1. The molecule has 0 saturated carbocycles. The van der Waals surface area contributed by atoms with E-state index in [9.17, 15) is 14.0 Å². The van der Waals surface area contributed by atoms with Crippen molar-refractivity contribution in [1.29, 1.82) is 0 Å². The molecule has 1 aromatic rings. The first-order chi connectivity index (χ1) is 9.59. The molecule has 0 spiro atoms. The van der Waals surface area contributed by atoms with Crippen LogP contribution in [0.2, 0.25) is 5.02 Å². The molecule has 0 bridgehead atoms. The third kappa shape index (κ3) is 5.69. The Morgan fingerprint density at radius 3 is 2.43 bits per heavy atom. The van der Waals surface area contributed by atoms with Gasteiger partial charge in [0.2, 0.25) is 5.91 Å². The Bertz CT molecular complexity index is 544. The second kappa shape index (κ2) is 6.87. The van der Waals surface area contributed by atoms with Crippen molar-refractivity contribution < 1.29 is 19.1 Å². The number of amides is 1. The van der Waals surface area contributed by atoms with Crippen LogP contribution < -0.4 is 5.32 Å². The monoisotopic (exact) mass is 316 g/mol. The van der Waals surface area contributed by atoms with Crippen LogP contribution in [0.1, 0.15) is 20.8 Å². The third-order valence-corrected chi connectivity index (χ3v) is 3.13. The van der Waals surface area contributed by atoms with Gasteiger partial charge in [0.25, 0.3) is 0 Å². The van der Waals surface area contributed by atoms with Crippen LogP contribution >= 0.6 is 11.6 Å². The molecule has 0 aliphatic carbocycles. The van der Waals surface area contributed by atoms with Crippen molar-refractivity contribution in [2.45, 2.75) is 26.3 Å². The summed E-state index contributed by atoms with van der Waals surface area (Å²) < 4.78 is 12.9. The van der Waals surface area contributed by atoms with Crippen LogP contribution in [0.25, 0.3) is 0 Å². The van der Waals surface area contributed by atoms with Crippen molar-refractivity contribution in [2.24, 2.45) is 0 Å². The second-order valence-corrected chi connectivity index (χ2v) is 6.00. The highest BCUT2D eigenvalue weighted by molar-refractivity contribution is 6.33. The van der Waals surface area contributed by atoms with Gasteiger partial charge in [-0.25, -0.2) is 4.39 Å². The molecule has 0 aliphatic heterocycles. The molecule has 5 nitrogen and oxygen atoms in total. The average molecular weight is 317 g/mol. The van der Waals surface area contributed by atoms with E-state index in [1.165, 1.54) is 17.0 Å². The van der Waals surface area contributed by atoms with Crippen molar-refractivity contribution in [3.8, 4) is 0 Å². The van der Waals surface area contributed by atoms with Gasteiger partial charge in [0.05, 0.1) is 23.8 Å². The first-order valence-corrected chi connectivity index (χ1v) is 6.69. The van der Waals surface area contributed by atoms with E-state index in [0.717, 1.165) is 6.07 Å². The lowest BCUT2D eigenvalue weighted by atomic mass is 10.1. The Labute approximate surface area is 127 Å².